The van der Waals surface area contributed by atoms with E-state index in [1.807, 2.05) is 49.4 Å². The predicted octanol–water partition coefficient (Wildman–Crippen LogP) is 4.55. The Kier molecular flexibility index (Phi) is 8.48. The summed E-state index contributed by atoms with van der Waals surface area (Å²) in [6.07, 6.45) is 3.40. The highest BCUT2D eigenvalue weighted by molar-refractivity contribution is 5.69. The zero-order valence-corrected chi connectivity index (χ0v) is 19.8. The van der Waals surface area contributed by atoms with Crippen molar-refractivity contribution in [3.05, 3.63) is 83.6 Å². The first-order valence-corrected chi connectivity index (χ1v) is 11.6. The molecule has 3 rings (SSSR count). The van der Waals surface area contributed by atoms with Crippen molar-refractivity contribution < 1.29 is 9.53 Å². The quantitative estimate of drug-likeness (QED) is 0.567. The molecule has 0 radical (unpaired) electrons. The number of hydrogen-bond acceptors (Lipinski definition) is 4. The molecule has 0 spiro atoms. The van der Waals surface area contributed by atoms with Gasteiger partial charge in [0.1, 0.15) is 5.76 Å². The summed E-state index contributed by atoms with van der Waals surface area (Å²) < 4.78 is 6.09. The van der Waals surface area contributed by atoms with Crippen molar-refractivity contribution in [3.8, 4) is 0 Å². The highest BCUT2D eigenvalue weighted by Gasteiger charge is 2.42. The van der Waals surface area contributed by atoms with Gasteiger partial charge in [0.2, 0.25) is 0 Å². The standard InChI is InChI=1S/C27H37N3O2/c1-5-25(32-26(31)29-20-22-16-17-28-19-22)27(18-21(2)30(3)4,23-12-8-6-9-13-23)24-14-10-7-11-15-24/h5-15,21-22,28H,16-20H2,1-4H3,(H,29,31)/b25-5-. The van der Waals surface area contributed by atoms with E-state index >= 15 is 0 Å². The van der Waals surface area contributed by atoms with E-state index < -0.39 is 11.5 Å². The van der Waals surface area contributed by atoms with E-state index in [4.69, 9.17) is 4.74 Å². The largest absolute Gasteiger partial charge is 0.414 e. The normalized spacial score (nSPS) is 17.9. The number of ether oxygens (including phenoxy) is 1. The molecule has 1 aliphatic rings. The Morgan fingerprint density at radius 2 is 1.75 bits per heavy atom. The Balaban J connectivity index is 1.99. The van der Waals surface area contributed by atoms with Crippen LogP contribution in [0.25, 0.3) is 0 Å². The van der Waals surface area contributed by atoms with Crippen LogP contribution >= 0.6 is 0 Å². The van der Waals surface area contributed by atoms with Crippen LogP contribution in [0.5, 0.6) is 0 Å². The van der Waals surface area contributed by atoms with E-state index in [9.17, 15) is 4.79 Å². The lowest BCUT2D eigenvalue weighted by Gasteiger charge is -2.39. The van der Waals surface area contributed by atoms with Gasteiger partial charge in [0, 0.05) is 12.6 Å². The van der Waals surface area contributed by atoms with Gasteiger partial charge in [-0.3, -0.25) is 0 Å². The summed E-state index contributed by atoms with van der Waals surface area (Å²) in [4.78, 5) is 15.1. The fourth-order valence-electron chi connectivity index (χ4n) is 4.50. The Hall–Kier alpha value is -2.63. The molecule has 5 heteroatoms. The van der Waals surface area contributed by atoms with E-state index in [1.54, 1.807) is 0 Å². The van der Waals surface area contributed by atoms with Gasteiger partial charge in [-0.25, -0.2) is 4.79 Å². The first-order chi connectivity index (χ1) is 15.5. The highest BCUT2D eigenvalue weighted by atomic mass is 16.6. The summed E-state index contributed by atoms with van der Waals surface area (Å²) in [6.45, 7) is 6.73. The highest BCUT2D eigenvalue weighted by Crippen LogP contribution is 2.44. The minimum Gasteiger partial charge on any atom is -0.414 e. The van der Waals surface area contributed by atoms with Gasteiger partial charge in [-0.05, 0) is 77.0 Å². The predicted molar refractivity (Wildman–Crippen MR) is 131 cm³/mol. The van der Waals surface area contributed by atoms with E-state index in [0.29, 0.717) is 18.2 Å². The molecular formula is C27H37N3O2. The minimum atomic E-state index is -0.590. The molecule has 2 aromatic carbocycles. The zero-order valence-electron chi connectivity index (χ0n) is 19.8. The van der Waals surface area contributed by atoms with Gasteiger partial charge in [-0.1, -0.05) is 60.7 Å². The van der Waals surface area contributed by atoms with Crippen LogP contribution in [0.4, 0.5) is 4.79 Å². The third-order valence-corrected chi connectivity index (χ3v) is 6.60. The topological polar surface area (TPSA) is 53.6 Å². The molecule has 0 bridgehead atoms. The molecule has 0 aromatic heterocycles. The number of amides is 1. The van der Waals surface area contributed by atoms with Crippen LogP contribution in [0, 0.1) is 5.92 Å². The lowest BCUT2D eigenvalue weighted by molar-refractivity contribution is 0.153. The number of rotatable bonds is 9. The summed E-state index contributed by atoms with van der Waals surface area (Å²) in [6, 6.07) is 21.0. The van der Waals surface area contributed by atoms with Gasteiger partial charge in [-0.2, -0.15) is 0 Å². The van der Waals surface area contributed by atoms with E-state index in [2.05, 4.69) is 60.8 Å². The Bertz CT molecular complexity index is 835. The van der Waals surface area contributed by atoms with Gasteiger partial charge in [0.15, 0.2) is 0 Å². The van der Waals surface area contributed by atoms with Crippen molar-refractivity contribution >= 4 is 6.09 Å². The van der Waals surface area contributed by atoms with Gasteiger partial charge in [-0.15, -0.1) is 0 Å². The third kappa shape index (κ3) is 5.59. The molecule has 0 aliphatic carbocycles. The van der Waals surface area contributed by atoms with Crippen LogP contribution < -0.4 is 10.6 Å². The Labute approximate surface area is 192 Å². The van der Waals surface area contributed by atoms with Crippen LogP contribution in [0.1, 0.15) is 37.8 Å². The molecular weight excluding hydrogens is 398 g/mol. The maximum absolute atomic E-state index is 12.9. The van der Waals surface area contributed by atoms with Crippen molar-refractivity contribution in [2.45, 2.75) is 38.1 Å². The van der Waals surface area contributed by atoms with Gasteiger partial charge in [0.25, 0.3) is 0 Å². The zero-order chi connectivity index (χ0) is 23.0. The number of hydrogen-bond donors (Lipinski definition) is 2. The Morgan fingerprint density at radius 1 is 1.16 bits per heavy atom. The van der Waals surface area contributed by atoms with Crippen molar-refractivity contribution in [2.24, 2.45) is 5.92 Å². The Morgan fingerprint density at radius 3 is 2.22 bits per heavy atom. The van der Waals surface area contributed by atoms with Gasteiger partial charge < -0.3 is 20.3 Å². The molecule has 1 amide bonds. The molecule has 5 nitrogen and oxygen atoms in total. The van der Waals surface area contributed by atoms with Crippen molar-refractivity contribution in [2.75, 3.05) is 33.7 Å². The second kappa shape index (κ2) is 11.3. The molecule has 2 unspecified atom stereocenters. The number of nitrogens with zero attached hydrogens (tertiary/aromatic N) is 1. The second-order valence-electron chi connectivity index (χ2n) is 8.94. The van der Waals surface area contributed by atoms with E-state index in [-0.39, 0.29) is 6.04 Å². The van der Waals surface area contributed by atoms with Crippen LogP contribution in [0.2, 0.25) is 0 Å². The SMILES string of the molecule is C/C=C(\OC(=O)NCC1CCNC1)C(CC(C)N(C)C)(c1ccccc1)c1ccccc1. The van der Waals surface area contributed by atoms with Gasteiger partial charge >= 0.3 is 6.09 Å². The van der Waals surface area contributed by atoms with Crippen LogP contribution in [-0.2, 0) is 10.2 Å². The number of carbonyl (C=O) groups is 1. The second-order valence-corrected chi connectivity index (χ2v) is 8.94. The molecule has 2 atom stereocenters. The molecule has 1 aliphatic heterocycles. The van der Waals surface area contributed by atoms with Crippen molar-refractivity contribution in [1.82, 2.24) is 15.5 Å². The lowest BCUT2D eigenvalue weighted by Crippen LogP contribution is -2.41. The summed E-state index contributed by atoms with van der Waals surface area (Å²) in [5, 5.41) is 6.33. The molecule has 2 aromatic rings. The summed E-state index contributed by atoms with van der Waals surface area (Å²) >= 11 is 0. The lowest BCUT2D eigenvalue weighted by atomic mass is 9.68. The monoisotopic (exact) mass is 435 g/mol. The van der Waals surface area contributed by atoms with Crippen LogP contribution in [0.3, 0.4) is 0 Å². The minimum absolute atomic E-state index is 0.251. The molecule has 2 N–H and O–H groups in total. The maximum Gasteiger partial charge on any atom is 0.412 e. The average Bonchev–Trinajstić information content (AvgIpc) is 3.34. The maximum atomic E-state index is 12.9. The molecule has 1 fully saturated rings. The fourth-order valence-corrected chi connectivity index (χ4v) is 4.50. The molecule has 0 saturated carbocycles. The molecule has 32 heavy (non-hydrogen) atoms. The van der Waals surface area contributed by atoms with Crippen LogP contribution in [-0.4, -0.2) is 50.8 Å². The number of alkyl carbamates (subject to hydrolysis) is 1. The van der Waals surface area contributed by atoms with E-state index in [1.165, 1.54) is 0 Å². The van der Waals surface area contributed by atoms with E-state index in [0.717, 1.165) is 37.1 Å². The smallest absolute Gasteiger partial charge is 0.412 e. The van der Waals surface area contributed by atoms with Gasteiger partial charge in [0.05, 0.1) is 5.41 Å². The summed E-state index contributed by atoms with van der Waals surface area (Å²) in [5.74, 6) is 1.11. The number of nitrogens with one attached hydrogen (secondary N) is 2. The van der Waals surface area contributed by atoms with Crippen molar-refractivity contribution in [1.29, 1.82) is 0 Å². The first kappa shape index (κ1) is 24.0. The molecule has 1 saturated heterocycles. The first-order valence-electron chi connectivity index (χ1n) is 11.6. The summed E-state index contributed by atoms with van der Waals surface area (Å²) in [5.41, 5.74) is 1.63. The van der Waals surface area contributed by atoms with Crippen molar-refractivity contribution in [3.63, 3.8) is 0 Å². The molecule has 1 heterocycles. The van der Waals surface area contributed by atoms with Crippen LogP contribution in [0.15, 0.2) is 72.5 Å². The number of carbonyl (C=O) groups excluding carboxylic acids is 1. The number of allylic oxidation sites excluding steroid dienone is 2. The average molecular weight is 436 g/mol. The molecule has 172 valence electrons. The number of benzene rings is 2. The fraction of sp³-hybridized carbons (Fsp3) is 0.444. The summed E-state index contributed by atoms with van der Waals surface area (Å²) in [7, 11) is 4.17. The third-order valence-electron chi connectivity index (χ3n) is 6.60.